The minimum absolute atomic E-state index is 0.0130. The van der Waals surface area contributed by atoms with Crippen LogP contribution >= 0.6 is 11.6 Å². The molecule has 14 heteroatoms. The van der Waals surface area contributed by atoms with E-state index < -0.39 is 31.4 Å². The summed E-state index contributed by atoms with van der Waals surface area (Å²) in [4.78, 5) is 29.0. The minimum Gasteiger partial charge on any atom is -0.456 e. The average Bonchev–Trinajstić information content (AvgIpc) is 3.17. The van der Waals surface area contributed by atoms with Gasteiger partial charge in [0.05, 0.1) is 15.4 Å². The smallest absolute Gasteiger partial charge is 0.293 e. The van der Waals surface area contributed by atoms with E-state index in [-0.39, 0.29) is 17.0 Å². The summed E-state index contributed by atoms with van der Waals surface area (Å²) in [6.45, 7) is 4.94. The molecule has 1 fully saturated rings. The van der Waals surface area contributed by atoms with Gasteiger partial charge in [-0.2, -0.15) is 0 Å². The Kier molecular flexibility index (Phi) is 12.4. The number of sulfonamides is 1. The number of anilines is 2. The van der Waals surface area contributed by atoms with E-state index in [1.807, 2.05) is 42.5 Å². The Balaban J connectivity index is 1.18. The van der Waals surface area contributed by atoms with Crippen molar-refractivity contribution in [3.63, 3.8) is 0 Å². The highest BCUT2D eigenvalue weighted by Crippen LogP contribution is 2.33. The van der Waals surface area contributed by atoms with Crippen LogP contribution in [-0.4, -0.2) is 70.5 Å². The molecule has 1 saturated heterocycles. The lowest BCUT2D eigenvalue weighted by molar-refractivity contribution is -0.384. The molecule has 0 saturated carbocycles. The number of halogens is 1. The fourth-order valence-corrected chi connectivity index (χ4v) is 7.38. The molecule has 0 aromatic heterocycles. The van der Waals surface area contributed by atoms with Crippen LogP contribution in [0.2, 0.25) is 5.02 Å². The first kappa shape index (κ1) is 38.3. The number of hydrogen-bond donors (Lipinski definition) is 3. The summed E-state index contributed by atoms with van der Waals surface area (Å²) in [6.07, 6.45) is 0.701. The Morgan fingerprint density at radius 3 is 2.31 bits per heavy atom. The zero-order valence-corrected chi connectivity index (χ0v) is 31.3. The number of nitrogens with one attached hydrogen (secondary N) is 3. The molecule has 280 valence electrons. The van der Waals surface area contributed by atoms with Crippen molar-refractivity contribution < 1.29 is 22.9 Å². The fraction of sp³-hybridized carbons (Fsp3) is 0.225. The number of rotatable bonds is 15. The molecule has 0 bridgehead atoms. The predicted molar refractivity (Wildman–Crippen MR) is 212 cm³/mol. The van der Waals surface area contributed by atoms with Gasteiger partial charge in [-0.05, 0) is 85.2 Å². The maximum absolute atomic E-state index is 13.6. The minimum atomic E-state index is -4.50. The zero-order chi connectivity index (χ0) is 38.1. The Labute approximate surface area is 319 Å². The van der Waals surface area contributed by atoms with Crippen molar-refractivity contribution in [2.75, 3.05) is 56.5 Å². The average molecular weight is 769 g/mol. The molecule has 0 aliphatic carbocycles. The first-order chi connectivity index (χ1) is 26.1. The molecule has 0 unspecified atom stereocenters. The molecule has 6 rings (SSSR count). The molecule has 0 radical (unpaired) electrons. The second-order valence-corrected chi connectivity index (χ2v) is 14.9. The Hall–Kier alpha value is -5.47. The number of nitro benzene ring substituents is 1. The van der Waals surface area contributed by atoms with E-state index in [2.05, 4.69) is 37.3 Å². The quantitative estimate of drug-likeness (QED) is 0.0569. The maximum Gasteiger partial charge on any atom is 0.293 e. The predicted octanol–water partition coefficient (Wildman–Crippen LogP) is 7.17. The zero-order valence-electron chi connectivity index (χ0n) is 29.7. The van der Waals surface area contributed by atoms with Crippen molar-refractivity contribution in [3.8, 4) is 22.6 Å². The number of amides is 1. The Morgan fingerprint density at radius 1 is 0.870 bits per heavy atom. The largest absolute Gasteiger partial charge is 0.456 e. The summed E-state index contributed by atoms with van der Waals surface area (Å²) in [7, 11) is -2.70. The van der Waals surface area contributed by atoms with Crippen LogP contribution in [0, 0.1) is 10.1 Å². The number of piperazine rings is 1. The Morgan fingerprint density at radius 2 is 1.59 bits per heavy atom. The standard InChI is InChI=1S/C40H41ClN6O6S/c1-42-20-7-21-43-37-19-17-34(27-38(37)47(49)50)54(51,52)44-40(48)36-18-16-32(26-39(36)53-33-9-3-2-4-10-33)46-24-22-45(23-25-46)28-30-8-5-6-11-35(30)29-12-14-31(41)15-13-29/h2-6,8-19,26-27,42-43H,7,20-25,28H2,1H3,(H,44,48). The molecule has 1 heterocycles. The number of carbonyl (C=O) groups is 1. The highest BCUT2D eigenvalue weighted by Gasteiger charge is 2.27. The number of carbonyl (C=O) groups excluding carboxylic acids is 1. The third-order valence-electron chi connectivity index (χ3n) is 9.11. The van der Waals surface area contributed by atoms with Gasteiger partial charge >= 0.3 is 0 Å². The molecule has 5 aromatic rings. The van der Waals surface area contributed by atoms with Crippen LogP contribution in [0.15, 0.2) is 120 Å². The van der Waals surface area contributed by atoms with Gasteiger partial charge in [0.25, 0.3) is 21.6 Å². The maximum atomic E-state index is 13.6. The SMILES string of the molecule is CNCCCNc1ccc(S(=O)(=O)NC(=O)c2ccc(N3CCN(Cc4ccccc4-c4ccc(Cl)cc4)CC3)cc2Oc2ccccc2)cc1[N+](=O)[O-]. The topological polar surface area (TPSA) is 146 Å². The van der Waals surface area contributed by atoms with Crippen molar-refractivity contribution >= 4 is 44.6 Å². The number of ether oxygens (including phenoxy) is 1. The molecule has 1 amide bonds. The lowest BCUT2D eigenvalue weighted by Gasteiger charge is -2.36. The van der Waals surface area contributed by atoms with E-state index >= 15 is 0 Å². The molecule has 3 N–H and O–H groups in total. The van der Waals surface area contributed by atoms with E-state index in [0.717, 1.165) is 42.5 Å². The number of nitrogens with zero attached hydrogens (tertiary/aromatic N) is 3. The summed E-state index contributed by atoms with van der Waals surface area (Å²) in [5, 5.41) is 18.5. The molecule has 54 heavy (non-hydrogen) atoms. The summed E-state index contributed by atoms with van der Waals surface area (Å²) >= 11 is 6.13. The summed E-state index contributed by atoms with van der Waals surface area (Å²) in [5.74, 6) is -0.310. The van der Waals surface area contributed by atoms with Crippen LogP contribution in [0.5, 0.6) is 11.5 Å². The molecule has 5 aromatic carbocycles. The highest BCUT2D eigenvalue weighted by atomic mass is 35.5. The van der Waals surface area contributed by atoms with E-state index in [1.165, 1.54) is 23.8 Å². The van der Waals surface area contributed by atoms with Crippen LogP contribution in [0.4, 0.5) is 17.1 Å². The van der Waals surface area contributed by atoms with Gasteiger partial charge < -0.3 is 20.3 Å². The van der Waals surface area contributed by atoms with Crippen LogP contribution < -0.4 is 25.0 Å². The first-order valence-corrected chi connectivity index (χ1v) is 19.4. The summed E-state index contributed by atoms with van der Waals surface area (Å²) < 4.78 is 35.1. The normalized spacial score (nSPS) is 13.3. The van der Waals surface area contributed by atoms with Crippen LogP contribution in [-0.2, 0) is 16.6 Å². The summed E-state index contributed by atoms with van der Waals surface area (Å²) in [5.41, 5.74) is 4.06. The van der Waals surface area contributed by atoms with E-state index in [0.29, 0.717) is 43.4 Å². The molecular weight excluding hydrogens is 728 g/mol. The number of benzene rings is 5. The van der Waals surface area contributed by atoms with Gasteiger partial charge in [-0.3, -0.25) is 19.8 Å². The second-order valence-electron chi connectivity index (χ2n) is 12.8. The molecule has 12 nitrogen and oxygen atoms in total. The number of para-hydroxylation sites is 1. The summed E-state index contributed by atoms with van der Waals surface area (Å²) in [6, 6.07) is 33.6. The van der Waals surface area contributed by atoms with Gasteiger partial charge in [0.2, 0.25) is 0 Å². The van der Waals surface area contributed by atoms with Crippen molar-refractivity contribution in [2.45, 2.75) is 17.9 Å². The van der Waals surface area contributed by atoms with E-state index in [9.17, 15) is 23.3 Å². The second kappa shape index (κ2) is 17.6. The fourth-order valence-electron chi connectivity index (χ4n) is 6.27. The van der Waals surface area contributed by atoms with Gasteiger partial charge in [-0.1, -0.05) is 66.2 Å². The lowest BCUT2D eigenvalue weighted by Crippen LogP contribution is -2.46. The molecule has 0 atom stereocenters. The van der Waals surface area contributed by atoms with E-state index in [1.54, 1.807) is 43.4 Å². The van der Waals surface area contributed by atoms with Gasteiger partial charge in [-0.25, -0.2) is 13.1 Å². The monoisotopic (exact) mass is 768 g/mol. The van der Waals surface area contributed by atoms with Crippen LogP contribution in [0.3, 0.4) is 0 Å². The van der Waals surface area contributed by atoms with Gasteiger partial charge in [0.15, 0.2) is 0 Å². The molecular formula is C40H41ClN6O6S. The molecule has 1 aliphatic rings. The molecule has 0 spiro atoms. The molecule has 1 aliphatic heterocycles. The lowest BCUT2D eigenvalue weighted by atomic mass is 9.99. The van der Waals surface area contributed by atoms with Crippen LogP contribution in [0.25, 0.3) is 11.1 Å². The third-order valence-corrected chi connectivity index (χ3v) is 10.7. The van der Waals surface area contributed by atoms with Crippen molar-refractivity contribution in [2.24, 2.45) is 0 Å². The van der Waals surface area contributed by atoms with Crippen molar-refractivity contribution in [1.82, 2.24) is 14.9 Å². The first-order valence-electron chi connectivity index (χ1n) is 17.5. The van der Waals surface area contributed by atoms with Crippen molar-refractivity contribution in [3.05, 3.63) is 142 Å². The highest BCUT2D eigenvalue weighted by molar-refractivity contribution is 7.90. The number of nitro groups is 1. The van der Waals surface area contributed by atoms with Crippen molar-refractivity contribution in [1.29, 1.82) is 0 Å². The Bertz CT molecular complexity index is 2200. The van der Waals surface area contributed by atoms with Gasteiger partial charge in [0.1, 0.15) is 17.2 Å². The number of hydrogen-bond acceptors (Lipinski definition) is 10. The van der Waals surface area contributed by atoms with Crippen LogP contribution in [0.1, 0.15) is 22.3 Å². The van der Waals surface area contributed by atoms with Gasteiger partial charge in [0, 0.05) is 62.1 Å². The van der Waals surface area contributed by atoms with E-state index in [4.69, 9.17) is 16.3 Å². The van der Waals surface area contributed by atoms with Gasteiger partial charge in [-0.15, -0.1) is 0 Å². The third kappa shape index (κ3) is 9.54.